The van der Waals surface area contributed by atoms with Crippen LogP contribution in [0.2, 0.25) is 0 Å². The molecule has 4 aromatic rings. The van der Waals surface area contributed by atoms with Crippen molar-refractivity contribution in [1.82, 2.24) is 14.9 Å². The van der Waals surface area contributed by atoms with Gasteiger partial charge in [-0.05, 0) is 98.4 Å². The van der Waals surface area contributed by atoms with Gasteiger partial charge >= 0.3 is 0 Å². The van der Waals surface area contributed by atoms with Gasteiger partial charge in [0, 0.05) is 34.6 Å². The van der Waals surface area contributed by atoms with Gasteiger partial charge in [-0.1, -0.05) is 6.07 Å². The van der Waals surface area contributed by atoms with Crippen molar-refractivity contribution in [1.29, 1.82) is 0 Å². The van der Waals surface area contributed by atoms with Gasteiger partial charge in [0.1, 0.15) is 5.75 Å². The molecule has 1 fully saturated rings. The van der Waals surface area contributed by atoms with Crippen LogP contribution in [0.5, 0.6) is 5.75 Å². The average molecular weight is 534 g/mol. The third-order valence-corrected chi connectivity index (χ3v) is 7.36. The van der Waals surface area contributed by atoms with Gasteiger partial charge in [-0.15, -0.1) is 0 Å². The largest absolute Gasteiger partial charge is 0.508 e. The molecule has 0 amide bonds. The summed E-state index contributed by atoms with van der Waals surface area (Å²) in [7, 11) is -3.38. The Bertz CT molecular complexity index is 1550. The Balaban J connectivity index is 1.62. The van der Waals surface area contributed by atoms with E-state index in [9.17, 15) is 13.5 Å². The molecule has 10 heteroatoms. The summed E-state index contributed by atoms with van der Waals surface area (Å²) >= 11 is 5.83. The fraction of sp³-hybridized carbons (Fsp3) is 0.185. The molecule has 2 aromatic heterocycles. The van der Waals surface area contributed by atoms with E-state index in [2.05, 4.69) is 44.4 Å². The highest BCUT2D eigenvalue weighted by atomic mass is 32.2. The number of rotatable bonds is 6. The summed E-state index contributed by atoms with van der Waals surface area (Å²) in [5.41, 5.74) is 6.28. The van der Waals surface area contributed by atoms with E-state index in [0.717, 1.165) is 40.3 Å². The minimum absolute atomic E-state index is 0.212. The number of aromatic hydroxyl groups is 1. The topological polar surface area (TPSA) is 99.5 Å². The van der Waals surface area contributed by atoms with Crippen LogP contribution < -0.4 is 14.9 Å². The molecule has 5 rings (SSSR count). The molecule has 1 aliphatic heterocycles. The highest BCUT2D eigenvalue weighted by molar-refractivity contribution is 7.92. The van der Waals surface area contributed by atoms with Crippen LogP contribution >= 0.6 is 12.2 Å². The van der Waals surface area contributed by atoms with E-state index in [1.807, 2.05) is 42.5 Å². The zero-order valence-corrected chi connectivity index (χ0v) is 22.2. The summed E-state index contributed by atoms with van der Waals surface area (Å²) in [6.07, 6.45) is 2.89. The van der Waals surface area contributed by atoms with E-state index >= 15 is 0 Å². The van der Waals surface area contributed by atoms with Crippen LogP contribution in [0.15, 0.2) is 79.0 Å². The van der Waals surface area contributed by atoms with Crippen LogP contribution in [0.1, 0.15) is 34.7 Å². The number of hydrogen-bond donors (Lipinski definition) is 3. The molecule has 0 bridgehead atoms. The maximum absolute atomic E-state index is 11.7. The van der Waals surface area contributed by atoms with E-state index in [0.29, 0.717) is 10.8 Å². The van der Waals surface area contributed by atoms with Crippen LogP contribution in [-0.4, -0.2) is 34.4 Å². The lowest BCUT2D eigenvalue weighted by Crippen LogP contribution is -2.29. The van der Waals surface area contributed by atoms with E-state index in [1.165, 1.54) is 0 Å². The third-order valence-electron chi connectivity index (χ3n) is 6.44. The monoisotopic (exact) mass is 533 g/mol. The number of aromatic nitrogens is 2. The lowest BCUT2D eigenvalue weighted by molar-refractivity contribution is 0.475. The van der Waals surface area contributed by atoms with Crippen molar-refractivity contribution >= 4 is 38.7 Å². The van der Waals surface area contributed by atoms with Crippen molar-refractivity contribution in [3.05, 3.63) is 102 Å². The second-order valence-electron chi connectivity index (χ2n) is 9.10. The normalized spacial score (nSPS) is 17.6. The predicted octanol–water partition coefficient (Wildman–Crippen LogP) is 4.74. The van der Waals surface area contributed by atoms with Crippen LogP contribution in [0.25, 0.3) is 5.69 Å². The van der Waals surface area contributed by atoms with Gasteiger partial charge in [-0.25, -0.2) is 8.42 Å². The van der Waals surface area contributed by atoms with Crippen molar-refractivity contribution in [3.63, 3.8) is 0 Å². The minimum atomic E-state index is -3.38. The average Bonchev–Trinajstić information content (AvgIpc) is 3.35. The second-order valence-corrected chi connectivity index (χ2v) is 11.2. The number of nitrogens with zero attached hydrogens (tertiary/aromatic N) is 3. The van der Waals surface area contributed by atoms with Gasteiger partial charge in [0.05, 0.1) is 24.0 Å². The summed E-state index contributed by atoms with van der Waals surface area (Å²) in [5, 5.41) is 13.8. The Hall–Kier alpha value is -3.89. The summed E-state index contributed by atoms with van der Waals surface area (Å²) < 4.78 is 28.0. The minimum Gasteiger partial charge on any atom is -0.508 e. The number of nitrogens with one attached hydrogen (secondary N) is 2. The number of phenolic OH excluding ortho intramolecular Hbond substituents is 1. The van der Waals surface area contributed by atoms with E-state index in [4.69, 9.17) is 12.2 Å². The zero-order chi connectivity index (χ0) is 26.3. The molecule has 1 saturated heterocycles. The number of sulfonamides is 1. The molecule has 0 unspecified atom stereocenters. The van der Waals surface area contributed by atoms with E-state index in [-0.39, 0.29) is 17.8 Å². The molecule has 1 aliphatic rings. The molecular weight excluding hydrogens is 506 g/mol. The van der Waals surface area contributed by atoms with E-state index < -0.39 is 10.0 Å². The first-order valence-corrected chi connectivity index (χ1v) is 14.0. The van der Waals surface area contributed by atoms with E-state index in [1.54, 1.807) is 30.5 Å². The summed E-state index contributed by atoms with van der Waals surface area (Å²) in [6, 6.07) is 21.8. The number of pyridine rings is 1. The lowest BCUT2D eigenvalue weighted by atomic mass is 9.96. The van der Waals surface area contributed by atoms with Gasteiger partial charge in [0.25, 0.3) is 0 Å². The summed E-state index contributed by atoms with van der Waals surface area (Å²) in [4.78, 5) is 6.68. The molecule has 0 aliphatic carbocycles. The zero-order valence-electron chi connectivity index (χ0n) is 20.6. The molecule has 8 nitrogen and oxygen atoms in total. The predicted molar refractivity (Wildman–Crippen MR) is 150 cm³/mol. The second kappa shape index (κ2) is 9.53. The van der Waals surface area contributed by atoms with Gasteiger partial charge < -0.3 is 19.9 Å². The maximum atomic E-state index is 11.7. The van der Waals surface area contributed by atoms with Crippen LogP contribution in [0.4, 0.5) is 11.4 Å². The maximum Gasteiger partial charge on any atom is 0.229 e. The molecule has 0 spiro atoms. The van der Waals surface area contributed by atoms with Crippen molar-refractivity contribution in [2.75, 3.05) is 15.9 Å². The van der Waals surface area contributed by atoms with Gasteiger partial charge in [0.15, 0.2) is 5.11 Å². The highest BCUT2D eigenvalue weighted by Gasteiger charge is 2.42. The van der Waals surface area contributed by atoms with Crippen molar-refractivity contribution in [2.45, 2.75) is 25.9 Å². The smallest absolute Gasteiger partial charge is 0.229 e. The molecule has 190 valence electrons. The van der Waals surface area contributed by atoms with Gasteiger partial charge in [-0.2, -0.15) is 0 Å². The van der Waals surface area contributed by atoms with Crippen LogP contribution in [-0.2, 0) is 10.0 Å². The van der Waals surface area contributed by atoms with Gasteiger partial charge in [0.2, 0.25) is 10.0 Å². The quantitative estimate of drug-likeness (QED) is 0.308. The highest BCUT2D eigenvalue weighted by Crippen LogP contribution is 2.44. The fourth-order valence-electron chi connectivity index (χ4n) is 4.94. The number of phenols is 1. The first-order chi connectivity index (χ1) is 17.6. The number of thiocarbonyl (C=S) groups is 1. The standard InChI is InChI=1S/C27H27N5O3S2/c1-17-16-23(18(2)31(17)20-11-13-22(33)14-12-20)26-25(24-6-4-5-15-28-24)29-27(36)32(26)21-9-7-19(8-10-21)30-37(3,34)35/h4-16,25-26,30,33H,1-3H3,(H,29,36)/t25-,26-/m0/s1. The molecule has 37 heavy (non-hydrogen) atoms. The number of hydrogen-bond acceptors (Lipinski definition) is 5. The first-order valence-electron chi connectivity index (χ1n) is 11.7. The molecule has 0 radical (unpaired) electrons. The first kappa shape index (κ1) is 24.8. The Labute approximate surface area is 221 Å². The van der Waals surface area contributed by atoms with Crippen LogP contribution in [0.3, 0.4) is 0 Å². The van der Waals surface area contributed by atoms with Crippen molar-refractivity contribution in [2.24, 2.45) is 0 Å². The Morgan fingerprint density at radius 2 is 1.68 bits per heavy atom. The Morgan fingerprint density at radius 1 is 1.00 bits per heavy atom. The number of aryl methyl sites for hydroxylation is 1. The Kier molecular flexibility index (Phi) is 6.38. The lowest BCUT2D eigenvalue weighted by Gasteiger charge is -2.28. The number of anilines is 2. The molecule has 2 atom stereocenters. The summed E-state index contributed by atoms with van der Waals surface area (Å²) in [5.74, 6) is 0.215. The SMILES string of the molecule is Cc1cc([C@H]2[C@H](c3ccccn3)NC(=S)N2c2ccc(NS(C)(=O)=O)cc2)c(C)n1-c1ccc(O)cc1. The van der Waals surface area contributed by atoms with Crippen molar-refractivity contribution < 1.29 is 13.5 Å². The molecule has 0 saturated carbocycles. The molecule has 3 N–H and O–H groups in total. The molecule has 3 heterocycles. The third kappa shape index (κ3) is 4.90. The molecular formula is C27H27N5O3S2. The summed E-state index contributed by atoms with van der Waals surface area (Å²) in [6.45, 7) is 4.12. The fourth-order valence-corrected chi connectivity index (χ4v) is 5.85. The van der Waals surface area contributed by atoms with Crippen molar-refractivity contribution in [3.8, 4) is 11.4 Å². The van der Waals surface area contributed by atoms with Crippen LogP contribution in [0, 0.1) is 13.8 Å². The van der Waals surface area contributed by atoms with Gasteiger partial charge in [-0.3, -0.25) is 9.71 Å². The number of benzene rings is 2. The molecule has 2 aromatic carbocycles. The Morgan fingerprint density at radius 3 is 2.30 bits per heavy atom.